The average molecular weight is 794 g/mol. The molecule has 0 aliphatic heterocycles. The average Bonchev–Trinajstić information content (AvgIpc) is 3.80. The molecule has 8 aromatic carbocycles. The molecular formula is C53H30F3N5. The van der Waals surface area contributed by atoms with Crippen LogP contribution in [0.5, 0.6) is 0 Å². The van der Waals surface area contributed by atoms with E-state index in [4.69, 9.17) is 6.57 Å². The molecule has 288 valence electrons. The molecule has 0 aliphatic carbocycles. The summed E-state index contributed by atoms with van der Waals surface area (Å²) < 4.78 is 46.2. The van der Waals surface area contributed by atoms with Gasteiger partial charge in [0, 0.05) is 21.5 Å². The first kappa shape index (κ1) is 36.9. The summed E-state index contributed by atoms with van der Waals surface area (Å²) in [6, 6.07) is 55.6. The van der Waals surface area contributed by atoms with Gasteiger partial charge >= 0.3 is 6.18 Å². The molecule has 0 amide bonds. The summed E-state index contributed by atoms with van der Waals surface area (Å²) in [5.41, 5.74) is 10.6. The number of aryl methyl sites for hydroxylation is 1. The highest BCUT2D eigenvalue weighted by Gasteiger charge is 2.31. The normalized spacial score (nSPS) is 11.6. The van der Waals surface area contributed by atoms with Gasteiger partial charge in [-0.3, -0.25) is 0 Å². The molecule has 0 spiro atoms. The van der Waals surface area contributed by atoms with Gasteiger partial charge in [-0.05, 0) is 107 Å². The third-order valence-electron chi connectivity index (χ3n) is 11.6. The number of fused-ring (bicyclic) bond motifs is 6. The number of alkyl halides is 3. The van der Waals surface area contributed by atoms with E-state index >= 15 is 0 Å². The topological polar surface area (TPSA) is 61.8 Å². The van der Waals surface area contributed by atoms with Crippen molar-refractivity contribution in [3.8, 4) is 56.9 Å². The first-order valence-corrected chi connectivity index (χ1v) is 19.5. The van der Waals surface area contributed by atoms with E-state index in [-0.39, 0.29) is 0 Å². The number of hydrogen-bond donors (Lipinski definition) is 0. The zero-order valence-corrected chi connectivity index (χ0v) is 32.5. The van der Waals surface area contributed by atoms with E-state index in [0.717, 1.165) is 71.9 Å². The fraction of sp³-hybridized carbons (Fsp3) is 0.0377. The zero-order valence-electron chi connectivity index (χ0n) is 32.5. The van der Waals surface area contributed by atoms with Crippen LogP contribution in [0.2, 0.25) is 0 Å². The quantitative estimate of drug-likeness (QED) is 0.163. The maximum absolute atomic E-state index is 14.0. The van der Waals surface area contributed by atoms with Crippen molar-refractivity contribution in [3.05, 3.63) is 197 Å². The third-order valence-corrected chi connectivity index (χ3v) is 11.6. The van der Waals surface area contributed by atoms with Gasteiger partial charge in [0.25, 0.3) is 0 Å². The van der Waals surface area contributed by atoms with E-state index in [1.54, 1.807) is 31.2 Å². The second kappa shape index (κ2) is 14.2. The van der Waals surface area contributed by atoms with Crippen molar-refractivity contribution >= 4 is 49.3 Å². The number of rotatable bonds is 5. The summed E-state index contributed by atoms with van der Waals surface area (Å²) in [6.07, 6.45) is -4.52. The monoisotopic (exact) mass is 793 g/mol. The summed E-state index contributed by atoms with van der Waals surface area (Å²) in [5.74, 6) is 0. The molecule has 10 rings (SSSR count). The van der Waals surface area contributed by atoms with E-state index in [2.05, 4.69) is 50.4 Å². The van der Waals surface area contributed by atoms with E-state index in [1.807, 2.05) is 97.1 Å². The van der Waals surface area contributed by atoms with Crippen LogP contribution >= 0.6 is 0 Å². The summed E-state index contributed by atoms with van der Waals surface area (Å²) in [7, 11) is 0. The molecule has 2 heterocycles. The van der Waals surface area contributed by atoms with Crippen molar-refractivity contribution in [2.75, 3.05) is 0 Å². The lowest BCUT2D eigenvalue weighted by Crippen LogP contribution is -2.07. The van der Waals surface area contributed by atoms with Crippen molar-refractivity contribution in [1.82, 2.24) is 9.13 Å². The Morgan fingerprint density at radius 3 is 1.48 bits per heavy atom. The van der Waals surface area contributed by atoms with Crippen molar-refractivity contribution in [2.24, 2.45) is 0 Å². The molecule has 0 N–H and O–H groups in total. The van der Waals surface area contributed by atoms with Crippen molar-refractivity contribution in [3.63, 3.8) is 0 Å². The molecule has 5 nitrogen and oxygen atoms in total. The van der Waals surface area contributed by atoms with E-state index < -0.39 is 11.7 Å². The smallest absolute Gasteiger partial charge is 0.308 e. The lowest BCUT2D eigenvalue weighted by Gasteiger charge is -2.20. The van der Waals surface area contributed by atoms with Crippen molar-refractivity contribution in [2.45, 2.75) is 13.1 Å². The maximum Gasteiger partial charge on any atom is 0.416 e. The third kappa shape index (κ3) is 6.08. The minimum atomic E-state index is -4.52. The predicted octanol–water partition coefficient (Wildman–Crippen LogP) is 14.5. The SMILES string of the molecule is [C-]#[N+]c1ccc(-c2ccc3c4ccccc4n(-c4cc(-c5ccc(C(F)(F)F)cc5C)cc(-n5c6ccccc6c6ccc(-c7ccc(C#N)cc7)cc65)c4C#N)c3c2)cc1. The highest BCUT2D eigenvalue weighted by molar-refractivity contribution is 6.12. The summed E-state index contributed by atoms with van der Waals surface area (Å²) in [6.45, 7) is 9.12. The van der Waals surface area contributed by atoms with Crippen LogP contribution in [0.3, 0.4) is 0 Å². The Bertz CT molecular complexity index is 3350. The minimum Gasteiger partial charge on any atom is -0.308 e. The fourth-order valence-corrected chi connectivity index (χ4v) is 8.68. The van der Waals surface area contributed by atoms with Crippen LogP contribution in [0, 0.1) is 36.2 Å². The molecule has 0 aliphatic rings. The molecule has 8 heteroatoms. The molecule has 61 heavy (non-hydrogen) atoms. The van der Waals surface area contributed by atoms with Crippen LogP contribution < -0.4 is 0 Å². The van der Waals surface area contributed by atoms with Gasteiger partial charge in [-0.15, -0.1) is 0 Å². The summed E-state index contributed by atoms with van der Waals surface area (Å²) in [4.78, 5) is 3.55. The molecule has 0 bridgehead atoms. The number of nitrogens with zero attached hydrogens (tertiary/aromatic N) is 5. The molecule has 2 aromatic heterocycles. The van der Waals surface area contributed by atoms with Crippen LogP contribution in [0.4, 0.5) is 18.9 Å². The first-order chi connectivity index (χ1) is 29.6. The number of benzene rings is 8. The Labute approximate surface area is 348 Å². The predicted molar refractivity (Wildman–Crippen MR) is 237 cm³/mol. The number of aromatic nitrogens is 2. The minimum absolute atomic E-state index is 0.370. The van der Waals surface area contributed by atoms with Gasteiger partial charge in [0.05, 0.1) is 57.2 Å². The van der Waals surface area contributed by atoms with Crippen molar-refractivity contribution in [1.29, 1.82) is 10.5 Å². The van der Waals surface area contributed by atoms with Crippen molar-refractivity contribution < 1.29 is 13.2 Å². The molecule has 10 aromatic rings. The molecule has 0 unspecified atom stereocenters. The van der Waals surface area contributed by atoms with Crippen LogP contribution in [-0.4, -0.2) is 9.13 Å². The van der Waals surface area contributed by atoms with Gasteiger partial charge in [-0.1, -0.05) is 103 Å². The van der Waals surface area contributed by atoms with Crippen LogP contribution in [0.25, 0.3) is 93.2 Å². The van der Waals surface area contributed by atoms with Crippen LogP contribution in [0.1, 0.15) is 22.3 Å². The van der Waals surface area contributed by atoms with Crippen LogP contribution in [0.15, 0.2) is 164 Å². The molecule has 0 saturated carbocycles. The van der Waals surface area contributed by atoms with Gasteiger partial charge in [-0.2, -0.15) is 23.7 Å². The Morgan fingerprint density at radius 2 is 1.00 bits per heavy atom. The Morgan fingerprint density at radius 1 is 0.508 bits per heavy atom. The second-order valence-corrected chi connectivity index (χ2v) is 15.0. The number of hydrogen-bond acceptors (Lipinski definition) is 2. The largest absolute Gasteiger partial charge is 0.416 e. The highest BCUT2D eigenvalue weighted by Crippen LogP contribution is 2.43. The first-order valence-electron chi connectivity index (χ1n) is 19.5. The number of para-hydroxylation sites is 2. The molecule has 0 saturated heterocycles. The van der Waals surface area contributed by atoms with Gasteiger partial charge in [-0.25, -0.2) is 4.85 Å². The van der Waals surface area contributed by atoms with Gasteiger partial charge in [0.2, 0.25) is 0 Å². The summed E-state index contributed by atoms with van der Waals surface area (Å²) >= 11 is 0. The van der Waals surface area contributed by atoms with E-state index in [9.17, 15) is 23.7 Å². The fourth-order valence-electron chi connectivity index (χ4n) is 8.68. The lowest BCUT2D eigenvalue weighted by molar-refractivity contribution is -0.137. The van der Waals surface area contributed by atoms with E-state index in [0.29, 0.717) is 44.9 Å². The Kier molecular flexibility index (Phi) is 8.58. The molecule has 0 radical (unpaired) electrons. The van der Waals surface area contributed by atoms with Gasteiger partial charge < -0.3 is 9.13 Å². The van der Waals surface area contributed by atoms with Gasteiger partial charge in [0.15, 0.2) is 5.69 Å². The lowest BCUT2D eigenvalue weighted by atomic mass is 9.95. The molecule has 0 fully saturated rings. The standard InChI is InChI=1S/C53H30F3N5/c1-32-25-39(53(54,55)56)19-24-41(32)38-28-51(60-47-9-5-3-7-42(47)44-22-17-36(26-49(44)60)34-13-11-33(30-57)12-14-34)46(31-58)52(29-38)61-48-10-6-4-8-43(48)45-23-18-37(27-50(45)61)35-15-20-40(59-2)21-16-35/h3-29H,1H3. The van der Waals surface area contributed by atoms with E-state index in [1.165, 1.54) is 12.1 Å². The number of halogens is 3. The highest BCUT2D eigenvalue weighted by atomic mass is 19.4. The second-order valence-electron chi connectivity index (χ2n) is 15.0. The Hall–Kier alpha value is -8.38. The van der Waals surface area contributed by atoms with Crippen LogP contribution in [-0.2, 0) is 6.18 Å². The van der Waals surface area contributed by atoms with Gasteiger partial charge in [0.1, 0.15) is 11.6 Å². The zero-order chi connectivity index (χ0) is 42.0. The molecular weight excluding hydrogens is 764 g/mol. The maximum atomic E-state index is 14.0. The Balaban J connectivity index is 1.32. The number of nitriles is 2. The molecule has 0 atom stereocenters. The summed E-state index contributed by atoms with van der Waals surface area (Å²) in [5, 5.41) is 24.8.